The molecule has 21 heavy (non-hydrogen) atoms. The first-order valence-corrected chi connectivity index (χ1v) is 8.70. The van der Waals surface area contributed by atoms with Gasteiger partial charge in [-0.3, -0.25) is 0 Å². The molecule has 1 fully saturated rings. The summed E-state index contributed by atoms with van der Waals surface area (Å²) in [7, 11) is 0. The van der Waals surface area contributed by atoms with Crippen LogP contribution in [0, 0.1) is 0 Å². The normalized spacial score (nSPS) is 19.3. The molecular formula is C19H31NO. The van der Waals surface area contributed by atoms with E-state index in [-0.39, 0.29) is 5.41 Å². The van der Waals surface area contributed by atoms with Gasteiger partial charge in [0, 0.05) is 24.7 Å². The highest BCUT2D eigenvalue weighted by Crippen LogP contribution is 2.39. The van der Waals surface area contributed by atoms with Crippen LogP contribution in [-0.4, -0.2) is 25.8 Å². The van der Waals surface area contributed by atoms with E-state index >= 15 is 0 Å². The van der Waals surface area contributed by atoms with Crippen molar-refractivity contribution in [3.05, 3.63) is 35.9 Å². The van der Waals surface area contributed by atoms with Crippen molar-refractivity contribution in [2.75, 3.05) is 19.8 Å². The maximum Gasteiger partial charge on any atom is 0.0475 e. The van der Waals surface area contributed by atoms with Crippen LogP contribution in [0.2, 0.25) is 0 Å². The molecule has 1 saturated heterocycles. The molecule has 0 saturated carbocycles. The fourth-order valence-electron chi connectivity index (χ4n) is 3.64. The lowest BCUT2D eigenvalue weighted by Gasteiger charge is -2.45. The lowest BCUT2D eigenvalue weighted by Crippen LogP contribution is -2.51. The molecule has 1 aromatic carbocycles. The number of benzene rings is 1. The summed E-state index contributed by atoms with van der Waals surface area (Å²) >= 11 is 0. The van der Waals surface area contributed by atoms with Crippen molar-refractivity contribution in [1.82, 2.24) is 5.32 Å². The molecule has 2 heteroatoms. The van der Waals surface area contributed by atoms with Gasteiger partial charge in [0.25, 0.3) is 0 Å². The summed E-state index contributed by atoms with van der Waals surface area (Å²) in [6, 6.07) is 11.7. The van der Waals surface area contributed by atoms with Crippen LogP contribution in [0.1, 0.15) is 57.9 Å². The Kier molecular flexibility index (Phi) is 6.72. The zero-order chi connectivity index (χ0) is 15.0. The second kappa shape index (κ2) is 8.55. The molecule has 0 amide bonds. The van der Waals surface area contributed by atoms with Crippen molar-refractivity contribution in [2.24, 2.45) is 0 Å². The predicted molar refractivity (Wildman–Crippen MR) is 89.8 cm³/mol. The van der Waals surface area contributed by atoms with Crippen LogP contribution in [0.3, 0.4) is 0 Å². The Hall–Kier alpha value is -0.860. The number of hydrogen-bond donors (Lipinski definition) is 1. The maximum absolute atomic E-state index is 5.68. The molecule has 118 valence electrons. The van der Waals surface area contributed by atoms with Crippen LogP contribution >= 0.6 is 0 Å². The van der Waals surface area contributed by atoms with E-state index in [1.165, 1.54) is 31.2 Å². The van der Waals surface area contributed by atoms with Crippen LogP contribution in [-0.2, 0) is 10.2 Å². The van der Waals surface area contributed by atoms with Gasteiger partial charge in [0.15, 0.2) is 0 Å². The van der Waals surface area contributed by atoms with Gasteiger partial charge in [0.05, 0.1) is 0 Å². The van der Waals surface area contributed by atoms with Crippen molar-refractivity contribution < 1.29 is 4.74 Å². The second-order valence-corrected chi connectivity index (χ2v) is 6.28. The van der Waals surface area contributed by atoms with E-state index in [1.807, 2.05) is 0 Å². The third kappa shape index (κ3) is 4.08. The molecule has 1 heterocycles. The Morgan fingerprint density at radius 3 is 2.43 bits per heavy atom. The van der Waals surface area contributed by atoms with Crippen LogP contribution < -0.4 is 5.32 Å². The van der Waals surface area contributed by atoms with Gasteiger partial charge in [-0.15, -0.1) is 0 Å². The minimum atomic E-state index is 0.254. The molecule has 0 aromatic heterocycles. The predicted octanol–water partition coefficient (Wildman–Crippen LogP) is 4.29. The molecule has 0 bridgehead atoms. The van der Waals surface area contributed by atoms with Gasteiger partial charge in [0.1, 0.15) is 0 Å². The first-order valence-electron chi connectivity index (χ1n) is 8.70. The van der Waals surface area contributed by atoms with Gasteiger partial charge < -0.3 is 10.1 Å². The Morgan fingerprint density at radius 2 is 1.81 bits per heavy atom. The van der Waals surface area contributed by atoms with Crippen molar-refractivity contribution in [3.8, 4) is 0 Å². The summed E-state index contributed by atoms with van der Waals surface area (Å²) in [4.78, 5) is 0. The zero-order valence-corrected chi connectivity index (χ0v) is 13.7. The third-order valence-corrected chi connectivity index (χ3v) is 4.89. The minimum absolute atomic E-state index is 0.254. The van der Waals surface area contributed by atoms with E-state index in [9.17, 15) is 0 Å². The highest BCUT2D eigenvalue weighted by molar-refractivity contribution is 5.28. The number of rotatable bonds is 8. The molecule has 1 aliphatic rings. The van der Waals surface area contributed by atoms with Crippen LogP contribution in [0.4, 0.5) is 0 Å². The second-order valence-electron chi connectivity index (χ2n) is 6.28. The average molecular weight is 289 g/mol. The fraction of sp³-hybridized carbons (Fsp3) is 0.684. The van der Waals surface area contributed by atoms with Crippen molar-refractivity contribution in [3.63, 3.8) is 0 Å². The molecule has 1 aliphatic heterocycles. The number of hydrogen-bond acceptors (Lipinski definition) is 2. The maximum atomic E-state index is 5.68. The highest BCUT2D eigenvalue weighted by atomic mass is 16.5. The molecule has 2 nitrogen and oxygen atoms in total. The summed E-state index contributed by atoms with van der Waals surface area (Å²) in [6.07, 6.45) is 7.32. The van der Waals surface area contributed by atoms with Crippen molar-refractivity contribution in [2.45, 2.75) is 63.8 Å². The molecule has 0 aliphatic carbocycles. The topological polar surface area (TPSA) is 21.3 Å². The molecule has 0 radical (unpaired) electrons. The molecule has 2 rings (SSSR count). The standard InChI is InChI=1S/C19H31NO/c1-3-5-11-18(20-14-4-2)19(12-15-21-16-13-19)17-9-7-6-8-10-17/h6-10,18,20H,3-5,11-16H2,1-2H3. The van der Waals surface area contributed by atoms with Gasteiger partial charge >= 0.3 is 0 Å². The third-order valence-electron chi connectivity index (χ3n) is 4.89. The Bertz CT molecular complexity index is 376. The van der Waals surface area contributed by atoms with Gasteiger partial charge in [-0.25, -0.2) is 0 Å². The molecular weight excluding hydrogens is 258 g/mol. The zero-order valence-electron chi connectivity index (χ0n) is 13.7. The Labute approximate surface area is 130 Å². The molecule has 1 aromatic rings. The van der Waals surface area contributed by atoms with E-state index in [0.717, 1.165) is 32.6 Å². The van der Waals surface area contributed by atoms with Gasteiger partial charge in [-0.2, -0.15) is 0 Å². The lowest BCUT2D eigenvalue weighted by atomic mass is 9.67. The summed E-state index contributed by atoms with van der Waals surface area (Å²) in [5.41, 5.74) is 1.75. The first kappa shape index (κ1) is 16.5. The van der Waals surface area contributed by atoms with E-state index in [1.54, 1.807) is 0 Å². The SMILES string of the molecule is CCCCC(NCCC)C1(c2ccccc2)CCOCC1. The molecule has 1 unspecified atom stereocenters. The number of unbranched alkanes of at least 4 members (excludes halogenated alkanes) is 1. The number of nitrogens with one attached hydrogen (secondary N) is 1. The molecule has 0 spiro atoms. The van der Waals surface area contributed by atoms with E-state index in [0.29, 0.717) is 6.04 Å². The van der Waals surface area contributed by atoms with Crippen LogP contribution in [0.25, 0.3) is 0 Å². The Balaban J connectivity index is 2.26. The van der Waals surface area contributed by atoms with Gasteiger partial charge in [-0.1, -0.05) is 57.0 Å². The molecule has 1 N–H and O–H groups in total. The Morgan fingerprint density at radius 1 is 1.10 bits per heavy atom. The summed E-state index contributed by atoms with van der Waals surface area (Å²) in [5, 5.41) is 3.86. The number of ether oxygens (including phenoxy) is 1. The smallest absolute Gasteiger partial charge is 0.0475 e. The summed E-state index contributed by atoms with van der Waals surface area (Å²) in [5.74, 6) is 0. The van der Waals surface area contributed by atoms with E-state index in [2.05, 4.69) is 49.5 Å². The largest absolute Gasteiger partial charge is 0.381 e. The van der Waals surface area contributed by atoms with Crippen LogP contribution in [0.15, 0.2) is 30.3 Å². The van der Waals surface area contributed by atoms with E-state index in [4.69, 9.17) is 4.74 Å². The fourth-order valence-corrected chi connectivity index (χ4v) is 3.64. The van der Waals surface area contributed by atoms with Gasteiger partial charge in [0.2, 0.25) is 0 Å². The van der Waals surface area contributed by atoms with Crippen molar-refractivity contribution in [1.29, 1.82) is 0 Å². The van der Waals surface area contributed by atoms with Crippen molar-refractivity contribution >= 4 is 0 Å². The minimum Gasteiger partial charge on any atom is -0.381 e. The summed E-state index contributed by atoms with van der Waals surface area (Å²) < 4.78 is 5.68. The highest BCUT2D eigenvalue weighted by Gasteiger charge is 2.40. The quantitative estimate of drug-likeness (QED) is 0.770. The monoisotopic (exact) mass is 289 g/mol. The summed E-state index contributed by atoms with van der Waals surface area (Å²) in [6.45, 7) is 7.44. The average Bonchev–Trinajstić information content (AvgIpc) is 2.56. The van der Waals surface area contributed by atoms with E-state index < -0.39 is 0 Å². The van der Waals surface area contributed by atoms with Gasteiger partial charge in [-0.05, 0) is 37.8 Å². The van der Waals surface area contributed by atoms with Crippen LogP contribution in [0.5, 0.6) is 0 Å². The first-order chi connectivity index (χ1) is 10.3. The molecule has 1 atom stereocenters. The lowest BCUT2D eigenvalue weighted by molar-refractivity contribution is 0.0326.